The molecule has 0 amide bonds. The number of allylic oxidation sites excluding steroid dienone is 14. The molecule has 1 rings (SSSR count). The lowest BCUT2D eigenvalue weighted by Crippen LogP contribution is -2.64. The Bertz CT molecular complexity index is 1420. The predicted octanol–water partition coefficient (Wildman–Crippen LogP) is 9.28. The maximum atomic E-state index is 12.8. The van der Waals surface area contributed by atoms with E-state index in [4.69, 9.17) is 18.5 Å². The Morgan fingerprint density at radius 2 is 0.937 bits per heavy atom. The zero-order valence-corrected chi connectivity index (χ0v) is 39.0. The van der Waals surface area contributed by atoms with Crippen LogP contribution in [-0.2, 0) is 32.7 Å². The van der Waals surface area contributed by atoms with Crippen molar-refractivity contribution < 1.29 is 63.1 Å². The molecule has 0 aromatic rings. The van der Waals surface area contributed by atoms with Crippen molar-refractivity contribution in [3.8, 4) is 0 Å². The van der Waals surface area contributed by atoms with Gasteiger partial charge in [-0.25, -0.2) is 4.57 Å². The van der Waals surface area contributed by atoms with Crippen LogP contribution in [0.5, 0.6) is 0 Å². The van der Waals surface area contributed by atoms with E-state index in [2.05, 4.69) is 80.7 Å². The number of phosphoric ester groups is 1. The molecule has 0 heterocycles. The largest absolute Gasteiger partial charge is 0.472 e. The van der Waals surface area contributed by atoms with Crippen LogP contribution in [0.4, 0.5) is 0 Å². The Labute approximate surface area is 378 Å². The first-order valence-electron chi connectivity index (χ1n) is 23.4. The standard InChI is InChI=1S/C49H81O13P/c1-3-5-7-9-11-13-15-17-19-20-21-22-24-25-27-29-31-33-35-37-42(50)59-39-41(40-60-63(57,58)62-49-47(55)45(53)44(52)46(54)48(49)56)61-43(51)38-36-34-32-30-28-26-23-18-16-14-12-10-8-6-4-2/h5,7,10-13,17,19,21-22,25,27,31,33,41,44-49,52-56H,3-4,6,8-9,14-16,18,20,23-24,26,28-30,32,34-40H2,1-2H3,(H,57,58)/b7-5+,12-10+,13-11+,19-17+,22-21+,27-25+,33-31+/t41-,44?,45-,46?,47?,48?,49?/m0/s1. The van der Waals surface area contributed by atoms with E-state index in [0.29, 0.717) is 19.3 Å². The predicted molar refractivity (Wildman–Crippen MR) is 248 cm³/mol. The molecular weight excluding hydrogens is 827 g/mol. The molecule has 14 heteroatoms. The van der Waals surface area contributed by atoms with E-state index in [-0.39, 0.29) is 12.8 Å². The highest BCUT2D eigenvalue weighted by Crippen LogP contribution is 2.47. The molecule has 1 saturated carbocycles. The van der Waals surface area contributed by atoms with E-state index in [1.165, 1.54) is 44.9 Å². The molecule has 0 radical (unpaired) electrons. The first kappa shape index (κ1) is 58.0. The lowest BCUT2D eigenvalue weighted by Gasteiger charge is -2.41. The SMILES string of the molecule is CC/C=C/C/C=C/C/C=C/C/C=C/C/C=C/C/C=C/CCC(=O)OC[C@@H](COP(=O)(O)OC1C(O)C(O)C(O)[C@H](O)C1O)OC(=O)CCCCCCCCCCC/C=C/CCCC. The summed E-state index contributed by atoms with van der Waals surface area (Å²) in [6, 6.07) is 0. The number of aliphatic hydroxyl groups is 5. The summed E-state index contributed by atoms with van der Waals surface area (Å²) in [7, 11) is -5.14. The number of carbonyl (C=O) groups is 2. The maximum absolute atomic E-state index is 12.8. The van der Waals surface area contributed by atoms with E-state index < -0.39 is 75.7 Å². The van der Waals surface area contributed by atoms with Crippen LogP contribution < -0.4 is 0 Å². The molecular formula is C49H81O13P. The van der Waals surface area contributed by atoms with Crippen molar-refractivity contribution in [3.63, 3.8) is 0 Å². The third kappa shape index (κ3) is 30.7. The van der Waals surface area contributed by atoms with Crippen molar-refractivity contribution in [2.75, 3.05) is 13.2 Å². The van der Waals surface area contributed by atoms with Crippen LogP contribution in [0.3, 0.4) is 0 Å². The van der Waals surface area contributed by atoms with E-state index in [1.807, 2.05) is 18.2 Å². The Balaban J connectivity index is 2.51. The number of unbranched alkanes of at least 4 members (excludes halogenated alkanes) is 11. The van der Waals surface area contributed by atoms with E-state index in [0.717, 1.165) is 64.2 Å². The summed E-state index contributed by atoms with van der Waals surface area (Å²) in [6.45, 7) is 3.08. The third-order valence-corrected chi connectivity index (χ3v) is 11.2. The van der Waals surface area contributed by atoms with Crippen molar-refractivity contribution in [3.05, 3.63) is 85.1 Å². The smallest absolute Gasteiger partial charge is 0.462 e. The van der Waals surface area contributed by atoms with Crippen molar-refractivity contribution in [1.82, 2.24) is 0 Å². The fourth-order valence-corrected chi connectivity index (χ4v) is 7.44. The van der Waals surface area contributed by atoms with Crippen LogP contribution in [0.2, 0.25) is 0 Å². The van der Waals surface area contributed by atoms with Crippen LogP contribution in [0.15, 0.2) is 85.1 Å². The van der Waals surface area contributed by atoms with Gasteiger partial charge in [-0.3, -0.25) is 18.6 Å². The summed E-state index contributed by atoms with van der Waals surface area (Å²) in [6.07, 6.45) is 36.5. The number of hydrogen-bond acceptors (Lipinski definition) is 12. The summed E-state index contributed by atoms with van der Waals surface area (Å²) in [5.41, 5.74) is 0. The minimum atomic E-state index is -5.14. The highest BCUT2D eigenvalue weighted by atomic mass is 31.2. The van der Waals surface area contributed by atoms with E-state index in [1.54, 1.807) is 0 Å². The van der Waals surface area contributed by atoms with Gasteiger partial charge in [0.15, 0.2) is 6.10 Å². The van der Waals surface area contributed by atoms with Gasteiger partial charge >= 0.3 is 19.8 Å². The summed E-state index contributed by atoms with van der Waals surface area (Å²) < 4.78 is 33.4. The van der Waals surface area contributed by atoms with Crippen LogP contribution in [0.25, 0.3) is 0 Å². The topological polar surface area (TPSA) is 210 Å². The Kier molecular flexibility index (Phi) is 35.3. The number of hydrogen-bond donors (Lipinski definition) is 6. The second-order valence-electron chi connectivity index (χ2n) is 15.9. The number of rotatable bonds is 37. The zero-order valence-electron chi connectivity index (χ0n) is 38.1. The highest BCUT2D eigenvalue weighted by molar-refractivity contribution is 7.47. The minimum Gasteiger partial charge on any atom is -0.462 e. The summed E-state index contributed by atoms with van der Waals surface area (Å²) in [5.74, 6) is -1.21. The molecule has 0 aromatic carbocycles. The van der Waals surface area contributed by atoms with Crippen LogP contribution in [0.1, 0.15) is 155 Å². The second-order valence-corrected chi connectivity index (χ2v) is 17.3. The van der Waals surface area contributed by atoms with Gasteiger partial charge in [-0.15, -0.1) is 0 Å². The third-order valence-electron chi connectivity index (χ3n) is 10.2. The number of phosphoric acid groups is 1. The van der Waals surface area contributed by atoms with Gasteiger partial charge in [0.05, 0.1) is 6.61 Å². The van der Waals surface area contributed by atoms with Gasteiger partial charge in [-0.2, -0.15) is 0 Å². The molecule has 8 atom stereocenters. The molecule has 0 aromatic heterocycles. The quantitative estimate of drug-likeness (QED) is 0.0149. The number of ether oxygens (including phenoxy) is 2. The van der Waals surface area contributed by atoms with Crippen LogP contribution in [0, 0.1) is 0 Å². The average Bonchev–Trinajstić information content (AvgIpc) is 3.26. The van der Waals surface area contributed by atoms with Gasteiger partial charge in [-0.05, 0) is 70.6 Å². The molecule has 13 nitrogen and oxygen atoms in total. The molecule has 360 valence electrons. The Morgan fingerprint density at radius 1 is 0.508 bits per heavy atom. The molecule has 1 aliphatic carbocycles. The maximum Gasteiger partial charge on any atom is 0.472 e. The first-order chi connectivity index (χ1) is 30.4. The zero-order chi connectivity index (χ0) is 46.4. The normalized spacial score (nSPS) is 22.5. The molecule has 0 saturated heterocycles. The molecule has 0 bridgehead atoms. The second kappa shape index (κ2) is 38.3. The Morgan fingerprint density at radius 3 is 1.44 bits per heavy atom. The monoisotopic (exact) mass is 909 g/mol. The summed E-state index contributed by atoms with van der Waals surface area (Å²) in [5, 5.41) is 50.2. The number of esters is 2. The van der Waals surface area contributed by atoms with Crippen molar-refractivity contribution in [1.29, 1.82) is 0 Å². The first-order valence-corrected chi connectivity index (χ1v) is 24.9. The van der Waals surface area contributed by atoms with Gasteiger partial charge in [0.1, 0.15) is 43.2 Å². The van der Waals surface area contributed by atoms with Gasteiger partial charge in [0, 0.05) is 12.8 Å². The fourth-order valence-electron chi connectivity index (χ4n) is 6.47. The molecule has 6 N–H and O–H groups in total. The lowest BCUT2D eigenvalue weighted by molar-refractivity contribution is -0.220. The fraction of sp³-hybridized carbons (Fsp3) is 0.673. The van der Waals surface area contributed by atoms with Gasteiger partial charge in [-0.1, -0.05) is 157 Å². The van der Waals surface area contributed by atoms with Gasteiger partial charge in [0.2, 0.25) is 0 Å². The van der Waals surface area contributed by atoms with Crippen LogP contribution >= 0.6 is 7.82 Å². The van der Waals surface area contributed by atoms with Crippen molar-refractivity contribution >= 4 is 19.8 Å². The lowest BCUT2D eigenvalue weighted by atomic mass is 9.85. The van der Waals surface area contributed by atoms with Gasteiger partial charge in [0.25, 0.3) is 0 Å². The van der Waals surface area contributed by atoms with Crippen molar-refractivity contribution in [2.24, 2.45) is 0 Å². The molecule has 1 fully saturated rings. The van der Waals surface area contributed by atoms with Crippen LogP contribution in [-0.4, -0.2) is 98.3 Å². The van der Waals surface area contributed by atoms with Gasteiger partial charge < -0.3 is 39.9 Å². The molecule has 1 aliphatic rings. The van der Waals surface area contributed by atoms with Crippen molar-refractivity contribution in [2.45, 2.75) is 198 Å². The molecule has 0 aliphatic heterocycles. The minimum absolute atomic E-state index is 0.0374. The Hall–Kier alpha value is -2.97. The summed E-state index contributed by atoms with van der Waals surface area (Å²) in [4.78, 5) is 35.7. The number of aliphatic hydroxyl groups excluding tert-OH is 5. The molecule has 6 unspecified atom stereocenters. The van der Waals surface area contributed by atoms with E-state index >= 15 is 0 Å². The molecule has 63 heavy (non-hydrogen) atoms. The average molecular weight is 909 g/mol. The summed E-state index contributed by atoms with van der Waals surface area (Å²) >= 11 is 0. The van der Waals surface area contributed by atoms with E-state index in [9.17, 15) is 44.6 Å². The number of carbonyl (C=O) groups excluding carboxylic acids is 2. The highest BCUT2D eigenvalue weighted by Gasteiger charge is 2.51. The molecule has 0 spiro atoms.